The average Bonchev–Trinajstić information content (AvgIpc) is 3.05. The summed E-state index contributed by atoms with van der Waals surface area (Å²) < 4.78 is 10.5. The van der Waals surface area contributed by atoms with E-state index in [2.05, 4.69) is 4.99 Å². The van der Waals surface area contributed by atoms with Crippen molar-refractivity contribution in [3.8, 4) is 0 Å². The van der Waals surface area contributed by atoms with Crippen LogP contribution in [0.25, 0.3) is 12.2 Å². The molecule has 0 radical (unpaired) electrons. The third-order valence-corrected chi connectivity index (χ3v) is 3.17. The summed E-state index contributed by atoms with van der Waals surface area (Å²) >= 11 is 0. The summed E-state index contributed by atoms with van der Waals surface area (Å²) in [6, 6.07) is 11.6. The fraction of sp³-hybridized carbons (Fsp3) is 0.111. The van der Waals surface area contributed by atoms with E-state index in [4.69, 9.17) is 9.15 Å². The van der Waals surface area contributed by atoms with Crippen molar-refractivity contribution in [3.63, 3.8) is 0 Å². The van der Waals surface area contributed by atoms with Crippen molar-refractivity contribution in [1.82, 2.24) is 0 Å². The van der Waals surface area contributed by atoms with Gasteiger partial charge >= 0.3 is 5.97 Å². The number of esters is 1. The van der Waals surface area contributed by atoms with Gasteiger partial charge in [-0.1, -0.05) is 29.8 Å². The minimum atomic E-state index is -0.474. The number of ether oxygens (including phenoxy) is 1. The fourth-order valence-electron chi connectivity index (χ4n) is 2.01. The monoisotopic (exact) mass is 293 g/mol. The Hall–Kier alpha value is -2.88. The van der Waals surface area contributed by atoms with Gasteiger partial charge in [0.25, 0.3) is 0 Å². The SMILES string of the molecule is Cc1ccc(/C=C/C2=NC(=C\c3ccc(C)o3)/C(=O)O2)cc1. The number of aryl methyl sites for hydroxylation is 2. The lowest BCUT2D eigenvalue weighted by Crippen LogP contribution is -2.01. The van der Waals surface area contributed by atoms with E-state index in [0.717, 1.165) is 11.3 Å². The summed E-state index contributed by atoms with van der Waals surface area (Å²) in [7, 11) is 0. The van der Waals surface area contributed by atoms with Crippen LogP contribution < -0.4 is 0 Å². The molecule has 0 saturated carbocycles. The second-order valence-electron chi connectivity index (χ2n) is 5.06. The van der Waals surface area contributed by atoms with Crippen LogP contribution in [0.1, 0.15) is 22.6 Å². The molecule has 3 rings (SSSR count). The molecule has 0 fully saturated rings. The molecule has 0 amide bonds. The van der Waals surface area contributed by atoms with Crippen LogP contribution >= 0.6 is 0 Å². The van der Waals surface area contributed by atoms with Gasteiger partial charge in [0.2, 0.25) is 5.90 Å². The molecule has 2 aromatic rings. The van der Waals surface area contributed by atoms with E-state index < -0.39 is 5.97 Å². The van der Waals surface area contributed by atoms with E-state index in [1.165, 1.54) is 5.56 Å². The maximum Gasteiger partial charge on any atom is 0.363 e. The minimum absolute atomic E-state index is 0.234. The molecule has 1 aliphatic rings. The standard InChI is InChI=1S/C18H15NO3/c1-12-3-6-14(7-4-12)8-10-17-19-16(18(20)22-17)11-15-9-5-13(2)21-15/h3-11H,1-2H3/b10-8+,16-11-. The van der Waals surface area contributed by atoms with Gasteiger partial charge in [-0.05, 0) is 37.6 Å². The van der Waals surface area contributed by atoms with Crippen molar-refractivity contribution in [2.75, 3.05) is 0 Å². The van der Waals surface area contributed by atoms with Crippen LogP contribution in [-0.4, -0.2) is 11.9 Å². The zero-order valence-electron chi connectivity index (χ0n) is 12.4. The first kappa shape index (κ1) is 14.1. The van der Waals surface area contributed by atoms with Gasteiger partial charge in [0.1, 0.15) is 11.5 Å². The number of furan rings is 1. The average molecular weight is 293 g/mol. The maximum absolute atomic E-state index is 11.8. The van der Waals surface area contributed by atoms with Crippen molar-refractivity contribution in [2.45, 2.75) is 13.8 Å². The Morgan fingerprint density at radius 1 is 1.00 bits per heavy atom. The molecule has 0 bridgehead atoms. The molecule has 0 N–H and O–H groups in total. The summed E-state index contributed by atoms with van der Waals surface area (Å²) in [5.41, 5.74) is 2.45. The number of cyclic esters (lactones) is 1. The van der Waals surface area contributed by atoms with Gasteiger partial charge in [-0.15, -0.1) is 0 Å². The zero-order chi connectivity index (χ0) is 15.5. The highest BCUT2D eigenvalue weighted by Crippen LogP contribution is 2.18. The maximum atomic E-state index is 11.8. The normalized spacial score (nSPS) is 16.4. The molecule has 0 atom stereocenters. The first-order valence-electron chi connectivity index (χ1n) is 6.94. The first-order valence-corrected chi connectivity index (χ1v) is 6.94. The predicted molar refractivity (Wildman–Crippen MR) is 85.2 cm³/mol. The number of benzene rings is 1. The Kier molecular flexibility index (Phi) is 3.74. The first-order chi connectivity index (χ1) is 10.6. The van der Waals surface area contributed by atoms with Gasteiger partial charge in [0, 0.05) is 12.2 Å². The molecule has 1 aliphatic heterocycles. The molecule has 0 saturated heterocycles. The van der Waals surface area contributed by atoms with Crippen LogP contribution in [0.5, 0.6) is 0 Å². The van der Waals surface area contributed by atoms with Gasteiger partial charge in [-0.3, -0.25) is 0 Å². The molecular formula is C18H15NO3. The van der Waals surface area contributed by atoms with E-state index in [1.54, 1.807) is 18.2 Å². The number of rotatable bonds is 3. The Labute approximate surface area is 128 Å². The number of nitrogens with zero attached hydrogens (tertiary/aromatic N) is 1. The number of hydrogen-bond acceptors (Lipinski definition) is 4. The van der Waals surface area contributed by atoms with E-state index in [-0.39, 0.29) is 11.6 Å². The van der Waals surface area contributed by atoms with Crippen molar-refractivity contribution < 1.29 is 13.9 Å². The van der Waals surface area contributed by atoms with Crippen LogP contribution in [0.15, 0.2) is 57.6 Å². The van der Waals surface area contributed by atoms with Crippen molar-refractivity contribution in [1.29, 1.82) is 0 Å². The predicted octanol–water partition coefficient (Wildman–Crippen LogP) is 3.91. The van der Waals surface area contributed by atoms with E-state index in [0.29, 0.717) is 5.76 Å². The largest absolute Gasteiger partial charge is 0.462 e. The summed E-state index contributed by atoms with van der Waals surface area (Å²) in [4.78, 5) is 15.9. The third-order valence-electron chi connectivity index (χ3n) is 3.17. The van der Waals surface area contributed by atoms with Crippen LogP contribution in [0.3, 0.4) is 0 Å². The van der Waals surface area contributed by atoms with Crippen LogP contribution in [0, 0.1) is 13.8 Å². The van der Waals surface area contributed by atoms with Crippen molar-refractivity contribution >= 4 is 24.0 Å². The van der Waals surface area contributed by atoms with E-state index >= 15 is 0 Å². The molecule has 4 nitrogen and oxygen atoms in total. The molecular weight excluding hydrogens is 278 g/mol. The zero-order valence-corrected chi connectivity index (χ0v) is 12.4. The Balaban J connectivity index is 1.78. The highest BCUT2D eigenvalue weighted by molar-refractivity contribution is 6.11. The summed E-state index contributed by atoms with van der Waals surface area (Å²) in [5.74, 6) is 1.16. The number of carbonyl (C=O) groups is 1. The molecule has 22 heavy (non-hydrogen) atoms. The quantitative estimate of drug-likeness (QED) is 0.637. The summed E-state index contributed by atoms with van der Waals surface area (Å²) in [6.07, 6.45) is 5.10. The van der Waals surface area contributed by atoms with Gasteiger partial charge in [-0.2, -0.15) is 0 Å². The number of aliphatic imine (C=N–C) groups is 1. The van der Waals surface area contributed by atoms with E-state index in [1.807, 2.05) is 50.3 Å². The van der Waals surface area contributed by atoms with Gasteiger partial charge < -0.3 is 9.15 Å². The van der Waals surface area contributed by atoms with Crippen LogP contribution in [-0.2, 0) is 9.53 Å². The van der Waals surface area contributed by atoms with Gasteiger partial charge in [0.05, 0.1) is 0 Å². The van der Waals surface area contributed by atoms with Gasteiger partial charge in [0.15, 0.2) is 5.70 Å². The van der Waals surface area contributed by atoms with Gasteiger partial charge in [-0.25, -0.2) is 9.79 Å². The Morgan fingerprint density at radius 3 is 2.45 bits per heavy atom. The second kappa shape index (κ2) is 5.85. The lowest BCUT2D eigenvalue weighted by molar-refractivity contribution is -0.129. The number of hydrogen-bond donors (Lipinski definition) is 0. The molecule has 0 aliphatic carbocycles. The van der Waals surface area contributed by atoms with Crippen molar-refractivity contribution in [2.24, 2.45) is 4.99 Å². The highest BCUT2D eigenvalue weighted by atomic mass is 16.6. The molecule has 4 heteroatoms. The lowest BCUT2D eigenvalue weighted by Gasteiger charge is -1.94. The van der Waals surface area contributed by atoms with Crippen molar-refractivity contribution in [3.05, 3.63) is 70.8 Å². The fourth-order valence-corrected chi connectivity index (χ4v) is 2.01. The third kappa shape index (κ3) is 3.23. The molecule has 1 aromatic heterocycles. The molecule has 2 heterocycles. The second-order valence-corrected chi connectivity index (χ2v) is 5.06. The van der Waals surface area contributed by atoms with E-state index in [9.17, 15) is 4.79 Å². The van der Waals surface area contributed by atoms with Crippen LogP contribution in [0.4, 0.5) is 0 Å². The topological polar surface area (TPSA) is 51.8 Å². The molecule has 1 aromatic carbocycles. The summed E-state index contributed by atoms with van der Waals surface area (Å²) in [6.45, 7) is 3.87. The lowest BCUT2D eigenvalue weighted by atomic mass is 10.1. The summed E-state index contributed by atoms with van der Waals surface area (Å²) in [5, 5.41) is 0. The molecule has 0 spiro atoms. The van der Waals surface area contributed by atoms with Crippen LogP contribution in [0.2, 0.25) is 0 Å². The highest BCUT2D eigenvalue weighted by Gasteiger charge is 2.21. The molecule has 0 unspecified atom stereocenters. The smallest absolute Gasteiger partial charge is 0.363 e. The molecule has 110 valence electrons. The Morgan fingerprint density at radius 2 is 1.77 bits per heavy atom. The Bertz CT molecular complexity index is 792. The number of carbonyl (C=O) groups excluding carboxylic acids is 1. The minimum Gasteiger partial charge on any atom is -0.462 e.